The van der Waals surface area contributed by atoms with E-state index in [9.17, 15) is 14.7 Å². The molecule has 1 aromatic heterocycles. The Balaban J connectivity index is 1.49. The van der Waals surface area contributed by atoms with Gasteiger partial charge in [0, 0.05) is 24.1 Å². The van der Waals surface area contributed by atoms with Crippen LogP contribution in [0.3, 0.4) is 0 Å². The summed E-state index contributed by atoms with van der Waals surface area (Å²) in [5.41, 5.74) is 0.558. The SMILES string of the molecule is O=C(O)CCCCCOc1ccccc1C(=O)N1CCCCC1(O)c1ccc(-c2ccco2)cc1. The van der Waals surface area contributed by atoms with Gasteiger partial charge in [-0.15, -0.1) is 0 Å². The fourth-order valence-corrected chi connectivity index (χ4v) is 4.53. The molecule has 7 heteroatoms. The zero-order valence-corrected chi connectivity index (χ0v) is 19.7. The van der Waals surface area contributed by atoms with Crippen LogP contribution in [0.1, 0.15) is 60.9 Å². The van der Waals surface area contributed by atoms with Crippen molar-refractivity contribution in [1.29, 1.82) is 0 Å². The van der Waals surface area contributed by atoms with Gasteiger partial charge in [-0.05, 0) is 62.8 Å². The number of carbonyl (C=O) groups is 2. The molecule has 0 spiro atoms. The van der Waals surface area contributed by atoms with E-state index < -0.39 is 11.7 Å². The van der Waals surface area contributed by atoms with Crippen LogP contribution in [0.2, 0.25) is 0 Å². The third-order valence-electron chi connectivity index (χ3n) is 6.41. The van der Waals surface area contributed by atoms with Crippen molar-refractivity contribution in [2.75, 3.05) is 13.2 Å². The molecule has 2 heterocycles. The molecular formula is C28H31NO6. The predicted octanol–water partition coefficient (Wildman–Crippen LogP) is 5.44. The number of piperidine rings is 1. The lowest BCUT2D eigenvalue weighted by Gasteiger charge is -2.43. The van der Waals surface area contributed by atoms with E-state index in [0.29, 0.717) is 49.3 Å². The number of likely N-dealkylation sites (tertiary alicyclic amines) is 1. The number of nitrogens with zero attached hydrogens (tertiary/aromatic N) is 1. The van der Waals surface area contributed by atoms with Gasteiger partial charge in [0.05, 0.1) is 18.4 Å². The minimum absolute atomic E-state index is 0.144. The first-order valence-electron chi connectivity index (χ1n) is 12.1. The van der Waals surface area contributed by atoms with Crippen molar-refractivity contribution < 1.29 is 29.0 Å². The zero-order chi connectivity index (χ0) is 24.7. The van der Waals surface area contributed by atoms with Crippen LogP contribution in [0.15, 0.2) is 71.3 Å². The lowest BCUT2D eigenvalue weighted by molar-refractivity contribution is -0.137. The average Bonchev–Trinajstić information content (AvgIpc) is 3.41. The number of hydrogen-bond donors (Lipinski definition) is 2. The molecule has 7 nitrogen and oxygen atoms in total. The summed E-state index contributed by atoms with van der Waals surface area (Å²) in [5.74, 6) is 0.140. The number of para-hydroxylation sites is 1. The molecule has 1 aliphatic heterocycles. The summed E-state index contributed by atoms with van der Waals surface area (Å²) in [6.45, 7) is 0.835. The molecule has 1 saturated heterocycles. The van der Waals surface area contributed by atoms with Crippen molar-refractivity contribution in [1.82, 2.24) is 4.90 Å². The van der Waals surface area contributed by atoms with E-state index in [1.54, 1.807) is 29.4 Å². The van der Waals surface area contributed by atoms with Gasteiger partial charge in [0.25, 0.3) is 5.91 Å². The summed E-state index contributed by atoms with van der Waals surface area (Å²) in [6, 6.07) is 18.3. The number of aliphatic carboxylic acids is 1. The maximum Gasteiger partial charge on any atom is 0.303 e. The highest BCUT2D eigenvalue weighted by atomic mass is 16.5. The first-order chi connectivity index (χ1) is 17.0. The van der Waals surface area contributed by atoms with Gasteiger partial charge in [0.1, 0.15) is 11.5 Å². The third-order valence-corrected chi connectivity index (χ3v) is 6.41. The van der Waals surface area contributed by atoms with E-state index in [-0.39, 0.29) is 12.3 Å². The molecular weight excluding hydrogens is 446 g/mol. The van der Waals surface area contributed by atoms with Gasteiger partial charge in [-0.25, -0.2) is 0 Å². The smallest absolute Gasteiger partial charge is 0.303 e. The predicted molar refractivity (Wildman–Crippen MR) is 131 cm³/mol. The van der Waals surface area contributed by atoms with Crippen LogP contribution in [0, 0.1) is 0 Å². The van der Waals surface area contributed by atoms with Crippen LogP contribution in [-0.4, -0.2) is 40.1 Å². The Kier molecular flexibility index (Phi) is 7.87. The maximum atomic E-state index is 13.7. The molecule has 0 bridgehead atoms. The molecule has 184 valence electrons. The first-order valence-corrected chi connectivity index (χ1v) is 12.1. The average molecular weight is 478 g/mol. The normalized spacial score (nSPS) is 17.8. The number of unbranched alkanes of at least 4 members (excludes halogenated alkanes) is 2. The number of carboxylic acid groups (broad SMARTS) is 1. The van der Waals surface area contributed by atoms with Gasteiger partial charge in [-0.3, -0.25) is 9.59 Å². The Morgan fingerprint density at radius 2 is 1.77 bits per heavy atom. The Bertz CT molecular complexity index is 1120. The monoisotopic (exact) mass is 477 g/mol. The largest absolute Gasteiger partial charge is 0.493 e. The number of aliphatic hydroxyl groups is 1. The summed E-state index contributed by atoms with van der Waals surface area (Å²) in [7, 11) is 0. The Labute approximate surface area is 204 Å². The highest BCUT2D eigenvalue weighted by Crippen LogP contribution is 2.38. The van der Waals surface area contributed by atoms with E-state index in [1.807, 2.05) is 42.5 Å². The maximum absolute atomic E-state index is 13.7. The summed E-state index contributed by atoms with van der Waals surface area (Å²) in [5, 5.41) is 20.5. The minimum Gasteiger partial charge on any atom is -0.493 e. The third kappa shape index (κ3) is 5.74. The lowest BCUT2D eigenvalue weighted by Crippen LogP contribution is -2.52. The molecule has 3 aromatic rings. The fraction of sp³-hybridized carbons (Fsp3) is 0.357. The number of amides is 1. The number of benzene rings is 2. The number of rotatable bonds is 10. The van der Waals surface area contributed by atoms with Crippen LogP contribution >= 0.6 is 0 Å². The molecule has 1 amide bonds. The van der Waals surface area contributed by atoms with Crippen LogP contribution in [0.4, 0.5) is 0 Å². The molecule has 0 saturated carbocycles. The van der Waals surface area contributed by atoms with Crippen LogP contribution in [0.5, 0.6) is 5.75 Å². The standard InChI is InChI=1S/C28H31NO6/c30-26(31)12-2-1-7-19-35-25-10-4-3-9-23(25)27(32)29-18-6-5-17-28(29,33)22-15-13-21(14-16-22)24-11-8-20-34-24/h3-4,8-11,13-16,20,33H,1-2,5-7,12,17-19H2,(H,30,31). The second kappa shape index (κ2) is 11.2. The van der Waals surface area contributed by atoms with Crippen molar-refractivity contribution >= 4 is 11.9 Å². The number of carbonyl (C=O) groups excluding carboxylic acids is 1. The summed E-state index contributed by atoms with van der Waals surface area (Å²) < 4.78 is 11.4. The zero-order valence-electron chi connectivity index (χ0n) is 19.7. The number of hydrogen-bond acceptors (Lipinski definition) is 5. The topological polar surface area (TPSA) is 100 Å². The van der Waals surface area contributed by atoms with Gasteiger partial charge in [0.15, 0.2) is 5.72 Å². The van der Waals surface area contributed by atoms with Crippen molar-refractivity contribution in [3.63, 3.8) is 0 Å². The molecule has 0 aliphatic carbocycles. The summed E-state index contributed by atoms with van der Waals surface area (Å²) >= 11 is 0. The van der Waals surface area contributed by atoms with Gasteiger partial charge in [0.2, 0.25) is 0 Å². The van der Waals surface area contributed by atoms with Crippen LogP contribution < -0.4 is 4.74 Å². The Hall–Kier alpha value is -3.58. The highest BCUT2D eigenvalue weighted by Gasteiger charge is 2.42. The van der Waals surface area contributed by atoms with Crippen LogP contribution in [0.25, 0.3) is 11.3 Å². The second-order valence-electron chi connectivity index (χ2n) is 8.83. The molecule has 1 aliphatic rings. The molecule has 2 N–H and O–H groups in total. The van der Waals surface area contributed by atoms with Crippen molar-refractivity contribution in [3.05, 3.63) is 78.1 Å². The molecule has 35 heavy (non-hydrogen) atoms. The first kappa shape index (κ1) is 24.5. The van der Waals surface area contributed by atoms with E-state index in [2.05, 4.69) is 0 Å². The summed E-state index contributed by atoms with van der Waals surface area (Å²) in [6.07, 6.45) is 5.87. The molecule has 2 aromatic carbocycles. The number of carboxylic acids is 1. The van der Waals surface area contributed by atoms with Gasteiger partial charge in [-0.2, -0.15) is 0 Å². The van der Waals surface area contributed by atoms with Crippen molar-refractivity contribution in [2.24, 2.45) is 0 Å². The quantitative estimate of drug-likeness (QED) is 0.377. The van der Waals surface area contributed by atoms with E-state index >= 15 is 0 Å². The summed E-state index contributed by atoms with van der Waals surface area (Å²) in [4.78, 5) is 25.9. The lowest BCUT2D eigenvalue weighted by atomic mass is 9.89. The van der Waals surface area contributed by atoms with Gasteiger partial charge >= 0.3 is 5.97 Å². The molecule has 1 unspecified atom stereocenters. The number of furan rings is 1. The fourth-order valence-electron chi connectivity index (χ4n) is 4.53. The Morgan fingerprint density at radius 3 is 2.51 bits per heavy atom. The van der Waals surface area contributed by atoms with Crippen molar-refractivity contribution in [2.45, 2.75) is 50.7 Å². The van der Waals surface area contributed by atoms with Gasteiger partial charge < -0.3 is 24.3 Å². The molecule has 4 rings (SSSR count). The minimum atomic E-state index is -1.42. The number of ether oxygens (including phenoxy) is 1. The highest BCUT2D eigenvalue weighted by molar-refractivity contribution is 5.97. The molecule has 1 atom stereocenters. The van der Waals surface area contributed by atoms with E-state index in [4.69, 9.17) is 14.3 Å². The van der Waals surface area contributed by atoms with Crippen molar-refractivity contribution in [3.8, 4) is 17.1 Å². The Morgan fingerprint density at radius 1 is 0.971 bits per heavy atom. The second-order valence-corrected chi connectivity index (χ2v) is 8.83. The van der Waals surface area contributed by atoms with Gasteiger partial charge in [-0.1, -0.05) is 36.4 Å². The van der Waals surface area contributed by atoms with E-state index in [1.165, 1.54) is 0 Å². The molecule has 0 radical (unpaired) electrons. The van der Waals surface area contributed by atoms with E-state index in [0.717, 1.165) is 30.6 Å². The van der Waals surface area contributed by atoms with Crippen LogP contribution in [-0.2, 0) is 10.5 Å². The molecule has 1 fully saturated rings.